The van der Waals surface area contributed by atoms with E-state index < -0.39 is 16.3 Å². The maximum Gasteiger partial charge on any atom is 0.270 e. The van der Waals surface area contributed by atoms with Gasteiger partial charge >= 0.3 is 0 Å². The number of hydrogen-bond donors (Lipinski definition) is 1. The van der Waals surface area contributed by atoms with Crippen LogP contribution in [0.5, 0.6) is 0 Å². The molecule has 0 fully saturated rings. The first-order valence-corrected chi connectivity index (χ1v) is 6.33. The van der Waals surface area contributed by atoms with Gasteiger partial charge in [0.2, 0.25) is 0 Å². The van der Waals surface area contributed by atoms with Gasteiger partial charge in [0, 0.05) is 23.4 Å². The summed E-state index contributed by atoms with van der Waals surface area (Å²) in [4.78, 5) is 14.4. The van der Waals surface area contributed by atoms with Crippen LogP contribution in [0.3, 0.4) is 0 Å². The van der Waals surface area contributed by atoms with Crippen molar-refractivity contribution in [2.75, 3.05) is 5.75 Å². The molecule has 1 heterocycles. The number of thioether (sulfide) groups is 1. The number of nitrogens with two attached hydrogens (primary N) is 1. The number of hydrogen-bond acceptors (Lipinski definition) is 5. The summed E-state index contributed by atoms with van der Waals surface area (Å²) in [6.07, 6.45) is 0.594. The highest BCUT2D eigenvalue weighted by Gasteiger charge is 2.33. The molecule has 1 atom stereocenters. The van der Waals surface area contributed by atoms with Gasteiger partial charge in [0.05, 0.1) is 10.5 Å². The predicted octanol–water partition coefficient (Wildman–Crippen LogP) is 2.40. The Hall–Kier alpha value is -1.63. The van der Waals surface area contributed by atoms with Crippen LogP contribution >= 0.6 is 11.8 Å². The Balaban J connectivity index is 2.52. The zero-order valence-corrected chi connectivity index (χ0v) is 10.5. The van der Waals surface area contributed by atoms with Crippen LogP contribution in [0.1, 0.15) is 18.9 Å². The van der Waals surface area contributed by atoms with Crippen LogP contribution in [0, 0.1) is 15.9 Å². The van der Waals surface area contributed by atoms with Crippen molar-refractivity contribution in [3.8, 4) is 0 Å². The van der Waals surface area contributed by atoms with Crippen LogP contribution in [0.4, 0.5) is 10.1 Å². The highest BCUT2D eigenvalue weighted by molar-refractivity contribution is 8.13. The van der Waals surface area contributed by atoms with Crippen LogP contribution in [0.25, 0.3) is 0 Å². The minimum atomic E-state index is -0.828. The monoisotopic (exact) mass is 269 g/mol. The summed E-state index contributed by atoms with van der Waals surface area (Å²) >= 11 is 1.40. The van der Waals surface area contributed by atoms with E-state index in [-0.39, 0.29) is 11.3 Å². The molecule has 1 aliphatic rings. The average Bonchev–Trinajstić information content (AvgIpc) is 2.28. The molecular weight excluding hydrogens is 257 g/mol. The van der Waals surface area contributed by atoms with Crippen LogP contribution in [0.2, 0.25) is 0 Å². The Bertz CT molecular complexity index is 535. The molecule has 1 aromatic carbocycles. The van der Waals surface area contributed by atoms with Crippen LogP contribution in [0.15, 0.2) is 23.2 Å². The summed E-state index contributed by atoms with van der Waals surface area (Å²) < 4.78 is 13.9. The van der Waals surface area contributed by atoms with E-state index in [0.717, 1.165) is 12.1 Å². The standard InChI is InChI=1S/C11H12FN3O2S/c1-11(4-5-18-10(13)14-11)8-6-7(15(16)17)2-3-9(8)12/h2-3,6H,4-5H2,1H3,(H2,13,14)/t11-/m0/s1. The van der Waals surface area contributed by atoms with Gasteiger partial charge in [-0.3, -0.25) is 15.1 Å². The topological polar surface area (TPSA) is 81.5 Å². The second kappa shape index (κ2) is 4.56. The highest BCUT2D eigenvalue weighted by Crippen LogP contribution is 2.37. The molecule has 96 valence electrons. The molecule has 0 radical (unpaired) electrons. The van der Waals surface area contributed by atoms with Gasteiger partial charge in [-0.25, -0.2) is 4.39 Å². The Morgan fingerprint density at radius 2 is 2.33 bits per heavy atom. The lowest BCUT2D eigenvalue weighted by atomic mass is 9.89. The fraction of sp³-hybridized carbons (Fsp3) is 0.364. The fourth-order valence-electron chi connectivity index (χ4n) is 1.92. The second-order valence-corrected chi connectivity index (χ2v) is 5.36. The van der Waals surface area contributed by atoms with Gasteiger partial charge in [0.25, 0.3) is 5.69 Å². The second-order valence-electron chi connectivity index (χ2n) is 4.24. The number of non-ortho nitro benzene ring substituents is 1. The molecule has 0 saturated carbocycles. The lowest BCUT2D eigenvalue weighted by Crippen LogP contribution is -2.29. The third-order valence-corrected chi connectivity index (χ3v) is 3.73. The smallest absolute Gasteiger partial charge is 0.270 e. The normalized spacial score (nSPS) is 23.6. The van der Waals surface area contributed by atoms with Crippen molar-refractivity contribution in [2.24, 2.45) is 10.7 Å². The van der Waals surface area contributed by atoms with E-state index in [1.807, 2.05) is 0 Å². The number of rotatable bonds is 2. The number of nitrogens with zero attached hydrogens (tertiary/aromatic N) is 2. The maximum absolute atomic E-state index is 13.9. The third-order valence-electron chi connectivity index (χ3n) is 2.94. The molecule has 0 aliphatic carbocycles. The average molecular weight is 269 g/mol. The molecule has 18 heavy (non-hydrogen) atoms. The van der Waals surface area contributed by atoms with Gasteiger partial charge in [0.15, 0.2) is 5.17 Å². The van der Waals surface area contributed by atoms with E-state index in [1.165, 1.54) is 17.8 Å². The summed E-state index contributed by atoms with van der Waals surface area (Å²) in [5.74, 6) is 0.222. The van der Waals surface area contributed by atoms with Crippen molar-refractivity contribution >= 4 is 22.6 Å². The third kappa shape index (κ3) is 2.31. The molecule has 1 aromatic rings. The highest BCUT2D eigenvalue weighted by atomic mass is 32.2. The van der Waals surface area contributed by atoms with Gasteiger partial charge in [-0.05, 0) is 19.4 Å². The number of benzene rings is 1. The van der Waals surface area contributed by atoms with Crippen molar-refractivity contribution in [2.45, 2.75) is 18.9 Å². The van der Waals surface area contributed by atoms with Crippen LogP contribution < -0.4 is 5.73 Å². The van der Waals surface area contributed by atoms with Crippen LogP contribution in [-0.2, 0) is 5.54 Å². The molecule has 1 aliphatic heterocycles. The molecule has 7 heteroatoms. The number of halogens is 1. The molecule has 5 nitrogen and oxygen atoms in total. The summed E-state index contributed by atoms with van der Waals surface area (Å²) in [6.45, 7) is 1.74. The lowest BCUT2D eigenvalue weighted by molar-refractivity contribution is -0.385. The van der Waals surface area contributed by atoms with E-state index >= 15 is 0 Å². The van der Waals surface area contributed by atoms with Crippen molar-refractivity contribution in [1.82, 2.24) is 0 Å². The van der Waals surface area contributed by atoms with E-state index in [1.54, 1.807) is 6.92 Å². The predicted molar refractivity (Wildman–Crippen MR) is 69.1 cm³/mol. The van der Waals surface area contributed by atoms with Crippen molar-refractivity contribution < 1.29 is 9.31 Å². The number of nitro groups is 1. The van der Waals surface area contributed by atoms with Gasteiger partial charge in [0.1, 0.15) is 5.82 Å². The van der Waals surface area contributed by atoms with E-state index in [9.17, 15) is 14.5 Å². The first-order chi connectivity index (χ1) is 8.42. The summed E-state index contributed by atoms with van der Waals surface area (Å²) in [7, 11) is 0. The summed E-state index contributed by atoms with van der Waals surface area (Å²) in [5, 5.41) is 11.1. The number of amidine groups is 1. The molecule has 2 N–H and O–H groups in total. The molecular formula is C11H12FN3O2S. The van der Waals surface area contributed by atoms with E-state index in [4.69, 9.17) is 5.73 Å². The minimum absolute atomic E-state index is 0.139. The zero-order chi connectivity index (χ0) is 13.3. The molecule has 2 rings (SSSR count). The molecule has 0 saturated heterocycles. The van der Waals surface area contributed by atoms with E-state index in [2.05, 4.69) is 4.99 Å². The molecule has 0 amide bonds. The summed E-state index contributed by atoms with van der Waals surface area (Å²) in [5.41, 5.74) is 4.91. The summed E-state index contributed by atoms with van der Waals surface area (Å²) in [6, 6.07) is 3.49. The Morgan fingerprint density at radius 3 is 2.94 bits per heavy atom. The first-order valence-electron chi connectivity index (χ1n) is 5.35. The van der Waals surface area contributed by atoms with Gasteiger partial charge in [-0.2, -0.15) is 0 Å². The molecule has 0 spiro atoms. The lowest BCUT2D eigenvalue weighted by Gasteiger charge is -2.29. The molecule has 0 unspecified atom stereocenters. The Kier molecular flexibility index (Phi) is 3.25. The molecule has 0 bridgehead atoms. The Morgan fingerprint density at radius 1 is 1.61 bits per heavy atom. The minimum Gasteiger partial charge on any atom is -0.379 e. The fourth-order valence-corrected chi connectivity index (χ4v) is 2.89. The molecule has 0 aromatic heterocycles. The first kappa shape index (κ1) is 12.8. The van der Waals surface area contributed by atoms with Crippen molar-refractivity contribution in [3.05, 3.63) is 39.7 Å². The SMILES string of the molecule is C[C@@]1(c2cc([N+](=O)[O-])ccc2F)CCSC(N)=N1. The number of aliphatic imine (C=N–C) groups is 1. The van der Waals surface area contributed by atoms with Gasteiger partial charge < -0.3 is 5.73 Å². The van der Waals surface area contributed by atoms with Gasteiger partial charge in [-0.1, -0.05) is 11.8 Å². The van der Waals surface area contributed by atoms with Crippen molar-refractivity contribution in [3.63, 3.8) is 0 Å². The largest absolute Gasteiger partial charge is 0.379 e. The van der Waals surface area contributed by atoms with E-state index in [0.29, 0.717) is 17.3 Å². The zero-order valence-electron chi connectivity index (χ0n) is 9.72. The van der Waals surface area contributed by atoms with Crippen molar-refractivity contribution in [1.29, 1.82) is 0 Å². The maximum atomic E-state index is 13.9. The van der Waals surface area contributed by atoms with Gasteiger partial charge in [-0.15, -0.1) is 0 Å². The number of nitro benzene ring substituents is 1. The quantitative estimate of drug-likeness (QED) is 0.660. The Labute approximate surface area is 107 Å². The van der Waals surface area contributed by atoms with Crippen LogP contribution in [-0.4, -0.2) is 15.8 Å².